The minimum atomic E-state index is -3.43. The average Bonchev–Trinajstić information content (AvgIpc) is 2.83. The first-order valence-corrected chi connectivity index (χ1v) is 14.8. The molecule has 9 rings (SSSR count). The molecule has 1 saturated carbocycles. The third-order valence-electron chi connectivity index (χ3n) is 8.21. The normalized spacial score (nSPS) is 34.0. The van der Waals surface area contributed by atoms with Gasteiger partial charge in [-0.05, 0) is 72.6 Å². The van der Waals surface area contributed by atoms with Gasteiger partial charge in [-0.2, -0.15) is 0 Å². The second kappa shape index (κ2) is 6.72. The van der Waals surface area contributed by atoms with Crippen molar-refractivity contribution in [2.75, 3.05) is 0 Å². The van der Waals surface area contributed by atoms with E-state index in [1.165, 1.54) is 11.1 Å². The molecule has 1 spiro atoms. The van der Waals surface area contributed by atoms with Crippen LogP contribution in [0.4, 0.5) is 0 Å². The van der Waals surface area contributed by atoms with Gasteiger partial charge in [0.15, 0.2) is 9.84 Å². The lowest BCUT2D eigenvalue weighted by Gasteiger charge is -2.53. The van der Waals surface area contributed by atoms with Gasteiger partial charge in [-0.1, -0.05) is 58.2 Å². The summed E-state index contributed by atoms with van der Waals surface area (Å²) in [5.41, 5.74) is 4.78. The number of alkyl halides is 2. The predicted molar refractivity (Wildman–Crippen MR) is 137 cm³/mol. The Morgan fingerprint density at radius 3 is 2.76 bits per heavy atom. The van der Waals surface area contributed by atoms with E-state index in [0.29, 0.717) is 34.3 Å². The molecule has 2 aromatic rings. The van der Waals surface area contributed by atoms with Gasteiger partial charge in [0.05, 0.1) is 16.1 Å². The number of sulfone groups is 1. The molecular weight excluding hydrogens is 590 g/mol. The number of allylic oxidation sites excluding steroid dienone is 2. The van der Waals surface area contributed by atoms with Crippen molar-refractivity contribution >= 4 is 55.6 Å². The number of benzene rings is 2. The van der Waals surface area contributed by atoms with Crippen LogP contribution >= 0.6 is 45.8 Å². The third-order valence-corrected chi connectivity index (χ3v) is 11.6. The minimum absolute atomic E-state index is 0.151. The highest BCUT2D eigenvalue weighted by Crippen LogP contribution is 2.66. The lowest BCUT2D eigenvalue weighted by Crippen LogP contribution is -2.52. The van der Waals surface area contributed by atoms with Gasteiger partial charge in [-0.25, -0.2) is 8.42 Å². The quantitative estimate of drug-likeness (QED) is 0.190. The number of fused-ring (bicyclic) bond motifs is 2. The molecule has 2 aromatic carbocycles. The van der Waals surface area contributed by atoms with Gasteiger partial charge in [0.1, 0.15) is 16.9 Å². The first kappa shape index (κ1) is 21.1. The molecule has 0 aromatic heterocycles. The van der Waals surface area contributed by atoms with E-state index in [2.05, 4.69) is 47.4 Å². The standard InChI is InChI=1S/C26H19Cl2IO3S/c1-12(29)24-13-6-18(24)25-21(7-13)26(14-8-17(9-14)33(25,30)31)19-4-2-15(27)10-22(19)32-23-11-16(28)3-5-20(23)26/h2,4,7,10-12,14,16-17,20H,6,8-9H2,1H3. The zero-order chi connectivity index (χ0) is 22.9. The van der Waals surface area contributed by atoms with E-state index in [1.54, 1.807) is 0 Å². The number of halogens is 3. The van der Waals surface area contributed by atoms with E-state index >= 15 is 0 Å². The molecule has 3 aliphatic heterocycles. The highest BCUT2D eigenvalue weighted by atomic mass is 127. The number of hydrogen-bond acceptors (Lipinski definition) is 3. The summed E-state index contributed by atoms with van der Waals surface area (Å²) in [6, 6.07) is 7.92. The van der Waals surface area contributed by atoms with Crippen LogP contribution in [0.25, 0.3) is 0 Å². The number of hydrogen-bond donors (Lipinski definition) is 0. The minimum Gasteiger partial charge on any atom is -0.460 e. The summed E-state index contributed by atoms with van der Waals surface area (Å²) in [6.07, 6.45) is 3.89. The van der Waals surface area contributed by atoms with Gasteiger partial charge in [-0.3, -0.25) is 0 Å². The molecule has 4 bridgehead atoms. The van der Waals surface area contributed by atoms with Crippen molar-refractivity contribution in [1.29, 1.82) is 0 Å². The molecule has 4 aliphatic carbocycles. The predicted octanol–water partition coefficient (Wildman–Crippen LogP) is 6.11. The fourth-order valence-corrected chi connectivity index (χ4v) is 10.3. The first-order chi connectivity index (χ1) is 15.7. The number of ether oxygens (including phenoxy) is 1. The molecule has 0 saturated heterocycles. The Morgan fingerprint density at radius 1 is 1.21 bits per heavy atom. The Bertz CT molecular complexity index is 1480. The highest BCUT2D eigenvalue weighted by Gasteiger charge is 2.64. The van der Waals surface area contributed by atoms with Crippen molar-refractivity contribution in [3.05, 3.63) is 68.9 Å². The van der Waals surface area contributed by atoms with Crippen molar-refractivity contribution < 1.29 is 13.2 Å². The lowest BCUT2D eigenvalue weighted by molar-refractivity contribution is 0.136. The van der Waals surface area contributed by atoms with Gasteiger partial charge >= 0.3 is 0 Å². The molecule has 33 heavy (non-hydrogen) atoms. The maximum Gasteiger partial charge on any atom is 0.181 e. The summed E-state index contributed by atoms with van der Waals surface area (Å²) in [4.78, 5) is 0.568. The van der Waals surface area contributed by atoms with Crippen LogP contribution in [-0.2, 0) is 21.7 Å². The van der Waals surface area contributed by atoms with Crippen LogP contribution in [0.2, 0.25) is 5.02 Å². The van der Waals surface area contributed by atoms with Gasteiger partial charge in [-0.15, -0.1) is 11.6 Å². The molecule has 3 heterocycles. The third kappa shape index (κ3) is 2.51. The van der Waals surface area contributed by atoms with Crippen LogP contribution in [-0.4, -0.2) is 19.0 Å². The Morgan fingerprint density at radius 2 is 2.00 bits per heavy atom. The van der Waals surface area contributed by atoms with E-state index < -0.39 is 20.6 Å². The molecule has 3 nitrogen and oxygen atoms in total. The Balaban J connectivity index is 1.63. The van der Waals surface area contributed by atoms with Gasteiger partial charge < -0.3 is 4.74 Å². The van der Waals surface area contributed by atoms with Crippen molar-refractivity contribution in [3.8, 4) is 17.6 Å². The lowest BCUT2D eigenvalue weighted by atomic mass is 9.51. The average molecular weight is 609 g/mol. The van der Waals surface area contributed by atoms with Crippen LogP contribution in [0, 0.1) is 23.7 Å². The van der Waals surface area contributed by atoms with Crippen LogP contribution in [0.15, 0.2) is 41.0 Å². The van der Waals surface area contributed by atoms with E-state index in [1.807, 2.05) is 24.3 Å². The summed E-state index contributed by atoms with van der Waals surface area (Å²) in [5.74, 6) is 7.83. The van der Waals surface area contributed by atoms with Gasteiger partial charge in [0.25, 0.3) is 0 Å². The largest absolute Gasteiger partial charge is 0.460 e. The van der Waals surface area contributed by atoms with Crippen LogP contribution < -0.4 is 4.74 Å². The molecule has 0 amide bonds. The summed E-state index contributed by atoms with van der Waals surface area (Å²) in [6.45, 7) is 2.13. The first-order valence-electron chi connectivity index (χ1n) is 11.1. The summed E-state index contributed by atoms with van der Waals surface area (Å²) in [5, 5.41) is -0.176. The van der Waals surface area contributed by atoms with Gasteiger partial charge in [0, 0.05) is 19.9 Å². The van der Waals surface area contributed by atoms with Crippen LogP contribution in [0.1, 0.15) is 51.5 Å². The van der Waals surface area contributed by atoms with Crippen LogP contribution in [0.5, 0.6) is 5.75 Å². The molecule has 4 unspecified atom stereocenters. The van der Waals surface area contributed by atoms with E-state index in [9.17, 15) is 8.42 Å². The van der Waals surface area contributed by atoms with Crippen molar-refractivity contribution in [2.45, 2.75) is 51.0 Å². The zero-order valence-corrected chi connectivity index (χ0v) is 22.1. The monoisotopic (exact) mass is 608 g/mol. The molecule has 7 heteroatoms. The van der Waals surface area contributed by atoms with Gasteiger partial charge in [0.2, 0.25) is 0 Å². The summed E-state index contributed by atoms with van der Waals surface area (Å²) < 4.78 is 34.5. The second-order valence-corrected chi connectivity index (χ2v) is 14.7. The highest BCUT2D eigenvalue weighted by molar-refractivity contribution is 14.1. The van der Waals surface area contributed by atoms with Crippen molar-refractivity contribution in [3.63, 3.8) is 0 Å². The SMILES string of the molecule is CC(I)c1c2cc3c(c1C2)S(=O)(=O)C1CC(C1)C31c2ccc(Cl)cc2OC2=CC(Cl)C#CC21. The molecule has 1 fully saturated rings. The molecule has 4 atom stereocenters. The maximum absolute atomic E-state index is 14.0. The molecule has 0 radical (unpaired) electrons. The number of rotatable bonds is 1. The van der Waals surface area contributed by atoms with Crippen molar-refractivity contribution in [1.82, 2.24) is 0 Å². The Labute approximate surface area is 216 Å². The molecule has 0 N–H and O–H groups in total. The van der Waals surface area contributed by atoms with E-state index in [-0.39, 0.29) is 21.0 Å². The fourth-order valence-electron chi connectivity index (χ4n) is 6.82. The maximum atomic E-state index is 14.0. The van der Waals surface area contributed by atoms with Crippen molar-refractivity contribution in [2.24, 2.45) is 11.8 Å². The smallest absolute Gasteiger partial charge is 0.181 e. The Hall–Kier alpha value is -1.20. The molecule has 7 aliphatic rings. The topological polar surface area (TPSA) is 43.4 Å². The summed E-state index contributed by atoms with van der Waals surface area (Å²) >= 11 is 15.1. The van der Waals surface area contributed by atoms with E-state index in [4.69, 9.17) is 27.9 Å². The second-order valence-electron chi connectivity index (χ2n) is 9.74. The summed E-state index contributed by atoms with van der Waals surface area (Å²) in [7, 11) is -3.43. The zero-order valence-electron chi connectivity index (χ0n) is 17.7. The fraction of sp³-hybridized carbons (Fsp3) is 0.385. The molecular formula is C26H19Cl2IO3S. The molecule has 168 valence electrons. The Kier molecular flexibility index (Phi) is 4.30. The van der Waals surface area contributed by atoms with Crippen LogP contribution in [0.3, 0.4) is 0 Å². The van der Waals surface area contributed by atoms with E-state index in [0.717, 1.165) is 23.1 Å².